The van der Waals surface area contributed by atoms with Crippen LogP contribution in [-0.4, -0.2) is 74.2 Å². The molecule has 1 aliphatic heterocycles. The van der Waals surface area contributed by atoms with E-state index in [0.717, 1.165) is 78.0 Å². The van der Waals surface area contributed by atoms with E-state index in [1.165, 1.54) is 19.3 Å². The number of aromatic nitrogens is 6. The monoisotopic (exact) mass is 549 g/mol. The van der Waals surface area contributed by atoms with E-state index in [4.69, 9.17) is 9.97 Å². The van der Waals surface area contributed by atoms with Crippen molar-refractivity contribution in [1.29, 1.82) is 0 Å². The Morgan fingerprint density at radius 3 is 2.68 bits per heavy atom. The second-order valence-electron chi connectivity index (χ2n) is 11.4. The molecular weight excluding hydrogens is 514 g/mol. The van der Waals surface area contributed by atoms with Gasteiger partial charge in [0.1, 0.15) is 11.0 Å². The van der Waals surface area contributed by atoms with Gasteiger partial charge in [0.05, 0.1) is 34.3 Å². The molecule has 0 spiro atoms. The number of hydrogen-bond donors (Lipinski definition) is 3. The van der Waals surface area contributed by atoms with Crippen LogP contribution in [0.1, 0.15) is 38.5 Å². The second-order valence-corrected chi connectivity index (χ2v) is 11.4. The molecule has 5 heterocycles. The van der Waals surface area contributed by atoms with E-state index in [1.54, 1.807) is 12.4 Å². The molecule has 0 unspecified atom stereocenters. The molecule has 3 N–H and O–H groups in total. The summed E-state index contributed by atoms with van der Waals surface area (Å²) in [5.74, 6) is 1.22. The number of amides is 1. The molecule has 1 aromatic carbocycles. The molecule has 4 aromatic heterocycles. The molecule has 1 amide bonds. The summed E-state index contributed by atoms with van der Waals surface area (Å²) < 4.78 is 0. The van der Waals surface area contributed by atoms with E-state index in [1.807, 2.05) is 18.2 Å². The molecule has 0 atom stereocenters. The first kappa shape index (κ1) is 25.6. The van der Waals surface area contributed by atoms with Crippen molar-refractivity contribution in [3.8, 4) is 22.8 Å². The van der Waals surface area contributed by atoms with Crippen molar-refractivity contribution in [2.75, 3.05) is 43.4 Å². The fourth-order valence-corrected chi connectivity index (χ4v) is 6.17. The van der Waals surface area contributed by atoms with Gasteiger partial charge in [0.2, 0.25) is 5.91 Å². The van der Waals surface area contributed by atoms with E-state index >= 15 is 0 Å². The summed E-state index contributed by atoms with van der Waals surface area (Å²) in [5, 5.41) is 10.7. The van der Waals surface area contributed by atoms with Gasteiger partial charge in [-0.05, 0) is 56.1 Å². The Balaban J connectivity index is 1.16. The number of carbonyl (C=O) groups is 1. The zero-order valence-corrected chi connectivity index (χ0v) is 23.4. The SMILES string of the molecule is CN1CCN(c2cccc3[nH]c(-c4n[nH]c5ccc(-c6cncc(NC(=O)CC7CCCCC7)c6)nc45)nc23)CC1. The molecule has 1 saturated carbocycles. The summed E-state index contributed by atoms with van der Waals surface area (Å²) in [6.07, 6.45) is 10.1. The first-order valence-corrected chi connectivity index (χ1v) is 14.6. The number of nitrogens with zero attached hydrogens (tertiary/aromatic N) is 6. The topological polar surface area (TPSA) is 119 Å². The lowest BCUT2D eigenvalue weighted by atomic mass is 9.87. The van der Waals surface area contributed by atoms with E-state index in [9.17, 15) is 4.79 Å². The lowest BCUT2D eigenvalue weighted by Gasteiger charge is -2.34. The van der Waals surface area contributed by atoms with Crippen LogP contribution in [0.15, 0.2) is 48.8 Å². The second kappa shape index (κ2) is 10.9. The molecule has 7 rings (SSSR count). The summed E-state index contributed by atoms with van der Waals surface area (Å²) in [7, 11) is 2.16. The van der Waals surface area contributed by atoms with Crippen LogP contribution in [0.2, 0.25) is 0 Å². The number of pyridine rings is 2. The number of carbonyl (C=O) groups excluding carboxylic acids is 1. The Bertz CT molecular complexity index is 1690. The Morgan fingerprint density at radius 1 is 0.976 bits per heavy atom. The number of hydrogen-bond acceptors (Lipinski definition) is 7. The summed E-state index contributed by atoms with van der Waals surface area (Å²) in [6.45, 7) is 4.01. The van der Waals surface area contributed by atoms with Crippen LogP contribution < -0.4 is 10.2 Å². The van der Waals surface area contributed by atoms with E-state index in [-0.39, 0.29) is 5.91 Å². The van der Waals surface area contributed by atoms with E-state index in [0.29, 0.717) is 29.5 Å². The molecule has 10 nitrogen and oxygen atoms in total. The molecule has 5 aromatic rings. The minimum Gasteiger partial charge on any atom is -0.367 e. The number of aromatic amines is 2. The summed E-state index contributed by atoms with van der Waals surface area (Å²) in [6, 6.07) is 12.1. The number of likely N-dealkylation sites (N-methyl/N-ethyl adjacent to an activating group) is 1. The quantitative estimate of drug-likeness (QED) is 0.266. The molecule has 2 fully saturated rings. The fourth-order valence-electron chi connectivity index (χ4n) is 6.17. The maximum absolute atomic E-state index is 12.7. The summed E-state index contributed by atoms with van der Waals surface area (Å²) in [5.41, 5.74) is 7.56. The fraction of sp³-hybridized carbons (Fsp3) is 0.387. The molecule has 0 radical (unpaired) electrons. The van der Waals surface area contributed by atoms with Crippen LogP contribution in [0.5, 0.6) is 0 Å². The number of fused-ring (bicyclic) bond motifs is 2. The van der Waals surface area contributed by atoms with E-state index in [2.05, 4.69) is 60.5 Å². The van der Waals surface area contributed by atoms with Crippen molar-refractivity contribution in [2.45, 2.75) is 38.5 Å². The molecule has 41 heavy (non-hydrogen) atoms. The molecular formula is C31H35N9O. The van der Waals surface area contributed by atoms with Gasteiger partial charge in [-0.15, -0.1) is 0 Å². The molecule has 210 valence electrons. The smallest absolute Gasteiger partial charge is 0.224 e. The molecule has 1 saturated heterocycles. The summed E-state index contributed by atoms with van der Waals surface area (Å²) >= 11 is 0. The Labute approximate surface area is 238 Å². The number of nitrogens with one attached hydrogen (secondary N) is 3. The van der Waals surface area contributed by atoms with Crippen molar-refractivity contribution < 1.29 is 4.79 Å². The van der Waals surface area contributed by atoms with Gasteiger partial charge in [0, 0.05) is 44.4 Å². The van der Waals surface area contributed by atoms with Gasteiger partial charge in [-0.1, -0.05) is 25.3 Å². The zero-order valence-electron chi connectivity index (χ0n) is 23.4. The van der Waals surface area contributed by atoms with Crippen LogP contribution in [0.4, 0.5) is 11.4 Å². The highest BCUT2D eigenvalue weighted by atomic mass is 16.1. The van der Waals surface area contributed by atoms with E-state index < -0.39 is 0 Å². The highest BCUT2D eigenvalue weighted by molar-refractivity contribution is 5.95. The Morgan fingerprint density at radius 2 is 1.83 bits per heavy atom. The number of H-pyrrole nitrogens is 2. The van der Waals surface area contributed by atoms with Crippen molar-refractivity contribution in [3.05, 3.63) is 48.8 Å². The number of para-hydroxylation sites is 1. The van der Waals surface area contributed by atoms with Crippen molar-refractivity contribution in [3.63, 3.8) is 0 Å². The highest BCUT2D eigenvalue weighted by Gasteiger charge is 2.21. The largest absolute Gasteiger partial charge is 0.367 e. The molecule has 2 aliphatic rings. The first-order valence-electron chi connectivity index (χ1n) is 14.6. The Hall–Kier alpha value is -4.31. The highest BCUT2D eigenvalue weighted by Crippen LogP contribution is 2.32. The number of imidazole rings is 1. The van der Waals surface area contributed by atoms with Crippen LogP contribution in [-0.2, 0) is 4.79 Å². The number of anilines is 2. The molecule has 0 bridgehead atoms. The number of piperazine rings is 1. The van der Waals surface area contributed by atoms with Gasteiger partial charge < -0.3 is 20.1 Å². The lowest BCUT2D eigenvalue weighted by Crippen LogP contribution is -2.44. The average Bonchev–Trinajstić information content (AvgIpc) is 3.62. The van der Waals surface area contributed by atoms with Crippen LogP contribution in [0.3, 0.4) is 0 Å². The van der Waals surface area contributed by atoms with Crippen LogP contribution >= 0.6 is 0 Å². The lowest BCUT2D eigenvalue weighted by molar-refractivity contribution is -0.117. The maximum Gasteiger partial charge on any atom is 0.224 e. The van der Waals surface area contributed by atoms with Crippen molar-refractivity contribution in [2.24, 2.45) is 5.92 Å². The first-order chi connectivity index (χ1) is 20.1. The number of rotatable bonds is 6. The molecule has 10 heteroatoms. The van der Waals surface area contributed by atoms with Gasteiger partial charge in [-0.25, -0.2) is 9.97 Å². The van der Waals surface area contributed by atoms with Gasteiger partial charge >= 0.3 is 0 Å². The van der Waals surface area contributed by atoms with Gasteiger partial charge in [0.15, 0.2) is 11.5 Å². The van der Waals surface area contributed by atoms with Gasteiger partial charge in [0.25, 0.3) is 0 Å². The average molecular weight is 550 g/mol. The standard InChI is InChI=1S/C31H35N9O/c1-39-12-14-40(15-13-39)26-9-5-8-24-28(26)36-31(35-24)30-29-25(37-38-30)11-10-23(34-29)21-17-22(19-32-18-21)33-27(41)16-20-6-3-2-4-7-20/h5,8-11,17-20H,2-4,6-7,12-16H2,1H3,(H,33,41)(H,35,36)(H,37,38). The number of benzene rings is 1. The normalized spacial score (nSPS) is 17.0. The zero-order chi connectivity index (χ0) is 27.8. The van der Waals surface area contributed by atoms with Crippen molar-refractivity contribution in [1.82, 2.24) is 35.0 Å². The van der Waals surface area contributed by atoms with Crippen LogP contribution in [0, 0.1) is 5.92 Å². The summed E-state index contributed by atoms with van der Waals surface area (Å²) in [4.78, 5) is 35.3. The third kappa shape index (κ3) is 5.27. The minimum atomic E-state index is 0.0530. The third-order valence-electron chi connectivity index (χ3n) is 8.48. The predicted molar refractivity (Wildman–Crippen MR) is 162 cm³/mol. The van der Waals surface area contributed by atoms with Gasteiger partial charge in [-0.3, -0.25) is 14.9 Å². The van der Waals surface area contributed by atoms with Crippen molar-refractivity contribution >= 4 is 39.3 Å². The maximum atomic E-state index is 12.7. The van der Waals surface area contributed by atoms with Gasteiger partial charge in [-0.2, -0.15) is 5.10 Å². The predicted octanol–water partition coefficient (Wildman–Crippen LogP) is 5.22. The minimum absolute atomic E-state index is 0.0530. The Kier molecular flexibility index (Phi) is 6.84. The third-order valence-corrected chi connectivity index (χ3v) is 8.48. The molecule has 1 aliphatic carbocycles. The van der Waals surface area contributed by atoms with Crippen LogP contribution in [0.25, 0.3) is 44.8 Å².